The molecule has 1 aliphatic rings. The Bertz CT molecular complexity index is 491. The summed E-state index contributed by atoms with van der Waals surface area (Å²) in [4.78, 5) is -1.96. The second-order valence-electron chi connectivity index (χ2n) is 2.86. The van der Waals surface area contributed by atoms with Crippen LogP contribution in [0.2, 0.25) is 0 Å². The first-order valence-corrected chi connectivity index (χ1v) is 5.24. The number of hydrogen-bond acceptors (Lipinski definition) is 2. The minimum absolute atomic E-state index is 1.16. The number of rotatable bonds is 2. The van der Waals surface area contributed by atoms with Gasteiger partial charge in [0.1, 0.15) is 11.1 Å². The summed E-state index contributed by atoms with van der Waals surface area (Å²) in [7, 11) is -5.35. The van der Waals surface area contributed by atoms with Gasteiger partial charge in [-0.15, -0.1) is 5.57 Å². The molecule has 0 aromatic heterocycles. The lowest BCUT2D eigenvalue weighted by Crippen LogP contribution is -2.30. The maximum atomic E-state index is 13.1. The van der Waals surface area contributed by atoms with E-state index in [4.69, 9.17) is 4.55 Å². The van der Waals surface area contributed by atoms with Crippen molar-refractivity contribution < 1.29 is 30.5 Å². The second-order valence-corrected chi connectivity index (χ2v) is 4.25. The van der Waals surface area contributed by atoms with Crippen molar-refractivity contribution in [3.63, 3.8) is 0 Å². The molecule has 8 heteroatoms. The molecule has 0 saturated heterocycles. The molecular weight excluding hydrogens is 252 g/mol. The van der Waals surface area contributed by atoms with Crippen molar-refractivity contribution in [2.45, 2.75) is 12.3 Å². The Morgan fingerprint density at radius 3 is 2.06 bits per heavy atom. The molecule has 1 rings (SSSR count). The van der Waals surface area contributed by atoms with E-state index in [1.807, 2.05) is 0 Å². The van der Waals surface area contributed by atoms with Crippen LogP contribution in [0.15, 0.2) is 28.7 Å². The molecule has 2 atom stereocenters. The van der Waals surface area contributed by atoms with Gasteiger partial charge in [0.15, 0.2) is 6.17 Å². The molecule has 0 amide bonds. The Morgan fingerprint density at radius 2 is 1.69 bits per heavy atom. The predicted octanol–water partition coefficient (Wildman–Crippen LogP) is 1.96. The minimum atomic E-state index is -5.35. The molecule has 0 aromatic carbocycles. The van der Waals surface area contributed by atoms with Crippen LogP contribution < -0.4 is 0 Å². The molecule has 3 nitrogen and oxygen atoms in total. The van der Waals surface area contributed by atoms with Gasteiger partial charge in [-0.05, 0) is 0 Å². The highest BCUT2D eigenvalue weighted by atomic mass is 32.2. The molecule has 2 unspecified atom stereocenters. The summed E-state index contributed by atoms with van der Waals surface area (Å²) in [6.07, 6.45) is -4.19. The van der Waals surface area contributed by atoms with E-state index in [1.54, 1.807) is 6.08 Å². The summed E-state index contributed by atoms with van der Waals surface area (Å²) in [6.45, 7) is 2.81. The highest BCUT2D eigenvalue weighted by Gasteiger charge is 2.38. The van der Waals surface area contributed by atoms with E-state index in [0.29, 0.717) is 0 Å². The average Bonchev–Trinajstić information content (AvgIpc) is 2.14. The van der Waals surface area contributed by atoms with E-state index in [0.717, 1.165) is 0 Å². The largest absolute Gasteiger partial charge is 0.317 e. The molecule has 0 saturated carbocycles. The topological polar surface area (TPSA) is 54.4 Å². The quantitative estimate of drug-likeness (QED) is 0.467. The van der Waals surface area contributed by atoms with Crippen molar-refractivity contribution in [3.8, 4) is 0 Å². The molecular formula is C8H5F4O3S-. The SMILES string of the molecule is C=[C-]C1=C(F)C(F)=C(S(=O)(=O)O)C(F)C1F. The Morgan fingerprint density at radius 1 is 1.19 bits per heavy atom. The first-order chi connectivity index (χ1) is 7.21. The second kappa shape index (κ2) is 4.02. The van der Waals surface area contributed by atoms with Crippen LogP contribution in [0.4, 0.5) is 17.6 Å². The molecule has 0 heterocycles. The van der Waals surface area contributed by atoms with Gasteiger partial charge in [-0.1, -0.05) is 0 Å². The van der Waals surface area contributed by atoms with Gasteiger partial charge in [-0.3, -0.25) is 4.55 Å². The molecule has 1 aliphatic carbocycles. The number of halogens is 4. The van der Waals surface area contributed by atoms with Crippen molar-refractivity contribution in [1.82, 2.24) is 0 Å². The highest BCUT2D eigenvalue weighted by molar-refractivity contribution is 7.89. The smallest absolute Gasteiger partial charge is 0.295 e. The lowest BCUT2D eigenvalue weighted by molar-refractivity contribution is 0.218. The zero-order valence-corrected chi connectivity index (χ0v) is 8.36. The molecule has 0 radical (unpaired) electrons. The van der Waals surface area contributed by atoms with Crippen LogP contribution in [0.5, 0.6) is 0 Å². The third-order valence-corrected chi connectivity index (χ3v) is 2.86. The van der Waals surface area contributed by atoms with Crippen LogP contribution >= 0.6 is 0 Å². The molecule has 0 fully saturated rings. The van der Waals surface area contributed by atoms with Crippen molar-refractivity contribution in [3.05, 3.63) is 34.8 Å². The van der Waals surface area contributed by atoms with E-state index in [9.17, 15) is 26.0 Å². The van der Waals surface area contributed by atoms with Crippen LogP contribution in [0.3, 0.4) is 0 Å². The molecule has 0 bridgehead atoms. The van der Waals surface area contributed by atoms with E-state index in [-0.39, 0.29) is 0 Å². The standard InChI is InChI=1S/C8H5F4O3S/c1-2-3-4(9)6(11)8(16(13,14)15)7(12)5(3)10/h4,6H,1H2,(H,13,14,15)/q-1. The van der Waals surface area contributed by atoms with Gasteiger partial charge in [0.2, 0.25) is 0 Å². The predicted molar refractivity (Wildman–Crippen MR) is 46.5 cm³/mol. The molecule has 90 valence electrons. The Hall–Kier alpha value is -1.15. The van der Waals surface area contributed by atoms with Gasteiger partial charge < -0.3 is 4.39 Å². The zero-order chi connectivity index (χ0) is 12.7. The Kier molecular flexibility index (Phi) is 3.25. The summed E-state index contributed by atoms with van der Waals surface area (Å²) in [6, 6.07) is 0. The molecule has 1 N–H and O–H groups in total. The Balaban J connectivity index is 3.55. The van der Waals surface area contributed by atoms with Crippen LogP contribution in [0.1, 0.15) is 0 Å². The van der Waals surface area contributed by atoms with E-state index < -0.39 is 44.6 Å². The lowest BCUT2D eigenvalue weighted by Gasteiger charge is -2.28. The third-order valence-electron chi connectivity index (χ3n) is 1.90. The fraction of sp³-hybridized carbons (Fsp3) is 0.250. The fourth-order valence-electron chi connectivity index (χ4n) is 1.18. The van der Waals surface area contributed by atoms with Crippen molar-refractivity contribution >= 4 is 10.1 Å². The van der Waals surface area contributed by atoms with E-state index in [1.165, 1.54) is 0 Å². The number of hydrogen-bond donors (Lipinski definition) is 1. The average molecular weight is 257 g/mol. The van der Waals surface area contributed by atoms with Crippen LogP contribution in [0, 0.1) is 6.08 Å². The molecule has 0 spiro atoms. The van der Waals surface area contributed by atoms with Crippen LogP contribution in [0.25, 0.3) is 0 Å². The normalized spacial score (nSPS) is 27.3. The summed E-state index contributed by atoms with van der Waals surface area (Å²) in [5.41, 5.74) is -1.16. The maximum Gasteiger partial charge on any atom is 0.295 e. The van der Waals surface area contributed by atoms with Gasteiger partial charge in [0.05, 0.1) is 5.83 Å². The minimum Gasteiger partial charge on any atom is -0.317 e. The van der Waals surface area contributed by atoms with E-state index >= 15 is 0 Å². The fourth-order valence-corrected chi connectivity index (χ4v) is 1.90. The highest BCUT2D eigenvalue weighted by Crippen LogP contribution is 2.38. The van der Waals surface area contributed by atoms with Crippen molar-refractivity contribution in [2.75, 3.05) is 0 Å². The monoisotopic (exact) mass is 257 g/mol. The van der Waals surface area contributed by atoms with Crippen molar-refractivity contribution in [2.24, 2.45) is 0 Å². The molecule has 16 heavy (non-hydrogen) atoms. The molecule has 0 aliphatic heterocycles. The maximum absolute atomic E-state index is 13.1. The van der Waals surface area contributed by atoms with Gasteiger partial charge in [0, 0.05) is 5.83 Å². The van der Waals surface area contributed by atoms with E-state index in [2.05, 4.69) is 6.58 Å². The first-order valence-electron chi connectivity index (χ1n) is 3.80. The van der Waals surface area contributed by atoms with Crippen LogP contribution in [-0.2, 0) is 10.1 Å². The van der Waals surface area contributed by atoms with Gasteiger partial charge in [-0.25, -0.2) is 19.2 Å². The third kappa shape index (κ3) is 1.90. The summed E-state index contributed by atoms with van der Waals surface area (Å²) in [5, 5.41) is 0. The summed E-state index contributed by atoms with van der Waals surface area (Å²) < 4.78 is 81.7. The van der Waals surface area contributed by atoms with Gasteiger partial charge in [-0.2, -0.15) is 15.0 Å². The number of alkyl halides is 2. The number of allylic oxidation sites excluding steroid dienone is 5. The summed E-state index contributed by atoms with van der Waals surface area (Å²) >= 11 is 0. The zero-order valence-electron chi connectivity index (χ0n) is 7.55. The lowest BCUT2D eigenvalue weighted by atomic mass is 9.99. The summed E-state index contributed by atoms with van der Waals surface area (Å²) in [5.74, 6) is -4.11. The van der Waals surface area contributed by atoms with Gasteiger partial charge >= 0.3 is 0 Å². The van der Waals surface area contributed by atoms with Gasteiger partial charge in [0.25, 0.3) is 10.1 Å². The Labute approximate surface area is 88.5 Å². The first kappa shape index (κ1) is 12.9. The van der Waals surface area contributed by atoms with Crippen LogP contribution in [-0.4, -0.2) is 25.3 Å². The molecule has 0 aromatic rings. The van der Waals surface area contributed by atoms with Crippen molar-refractivity contribution in [1.29, 1.82) is 0 Å².